The van der Waals surface area contributed by atoms with Gasteiger partial charge >= 0.3 is 0 Å². The maximum atomic E-state index is 4.05. The summed E-state index contributed by atoms with van der Waals surface area (Å²) in [6, 6.07) is 40.7. The first-order chi connectivity index (χ1) is 15.9. The van der Waals surface area contributed by atoms with Gasteiger partial charge in [-0.25, -0.2) is 0 Å². The van der Waals surface area contributed by atoms with E-state index in [0.717, 1.165) is 12.8 Å². The van der Waals surface area contributed by atoms with Gasteiger partial charge in [-0.05, 0) is 46.2 Å². The number of rotatable bonds is 3. The second-order valence-electron chi connectivity index (χ2n) is 9.02. The van der Waals surface area contributed by atoms with Crippen molar-refractivity contribution in [2.45, 2.75) is 37.0 Å². The summed E-state index contributed by atoms with van der Waals surface area (Å²) in [4.78, 5) is 0. The molecule has 2 nitrogen and oxygen atoms in total. The molecule has 32 heavy (non-hydrogen) atoms. The SMILES string of the molecule is c1ccc([C@H]2Cc3ccccc3[C@H]([C@@H]3N[C@@H](c4ccccc4)Cc4ccccc43)N2)cc1. The minimum Gasteiger partial charge on any atom is -0.301 e. The van der Waals surface area contributed by atoms with Crippen LogP contribution >= 0.6 is 0 Å². The Bertz CT molecular complexity index is 1100. The Hall–Kier alpha value is -3.20. The van der Waals surface area contributed by atoms with Crippen LogP contribution in [-0.2, 0) is 12.8 Å². The van der Waals surface area contributed by atoms with Crippen molar-refractivity contribution in [1.29, 1.82) is 0 Å². The van der Waals surface area contributed by atoms with E-state index in [4.69, 9.17) is 0 Å². The van der Waals surface area contributed by atoms with Gasteiger partial charge in [0, 0.05) is 12.1 Å². The van der Waals surface area contributed by atoms with Crippen molar-refractivity contribution in [3.8, 4) is 0 Å². The molecule has 158 valence electrons. The Balaban J connectivity index is 1.43. The predicted molar refractivity (Wildman–Crippen MR) is 130 cm³/mol. The minimum absolute atomic E-state index is 0.206. The largest absolute Gasteiger partial charge is 0.301 e. The summed E-state index contributed by atoms with van der Waals surface area (Å²) in [7, 11) is 0. The van der Waals surface area contributed by atoms with Crippen molar-refractivity contribution in [3.05, 3.63) is 143 Å². The summed E-state index contributed by atoms with van der Waals surface area (Å²) in [5.41, 5.74) is 8.45. The highest BCUT2D eigenvalue weighted by molar-refractivity contribution is 5.43. The molecule has 4 aromatic rings. The number of hydrogen-bond donors (Lipinski definition) is 2. The van der Waals surface area contributed by atoms with E-state index in [1.165, 1.54) is 33.4 Å². The molecule has 0 aromatic heterocycles. The van der Waals surface area contributed by atoms with E-state index in [-0.39, 0.29) is 12.1 Å². The Morgan fingerprint density at radius 1 is 0.438 bits per heavy atom. The van der Waals surface area contributed by atoms with Gasteiger partial charge in [-0.1, -0.05) is 109 Å². The molecule has 2 aliphatic rings. The van der Waals surface area contributed by atoms with Crippen LogP contribution in [0, 0.1) is 0 Å². The van der Waals surface area contributed by atoms with Crippen LogP contribution in [0.15, 0.2) is 109 Å². The van der Waals surface area contributed by atoms with Crippen molar-refractivity contribution in [2.24, 2.45) is 0 Å². The van der Waals surface area contributed by atoms with Crippen LogP contribution in [0.25, 0.3) is 0 Å². The lowest BCUT2D eigenvalue weighted by Crippen LogP contribution is -2.44. The van der Waals surface area contributed by atoms with Gasteiger partial charge in [-0.15, -0.1) is 0 Å². The zero-order chi connectivity index (χ0) is 21.3. The topological polar surface area (TPSA) is 24.1 Å². The molecule has 2 heteroatoms. The Labute approximate surface area is 190 Å². The van der Waals surface area contributed by atoms with Crippen LogP contribution in [0.1, 0.15) is 57.5 Å². The van der Waals surface area contributed by atoms with Crippen molar-refractivity contribution in [2.75, 3.05) is 0 Å². The second-order valence-corrected chi connectivity index (χ2v) is 9.02. The lowest BCUT2D eigenvalue weighted by molar-refractivity contribution is 0.288. The lowest BCUT2D eigenvalue weighted by atomic mass is 9.78. The summed E-state index contributed by atoms with van der Waals surface area (Å²) in [5.74, 6) is 0. The summed E-state index contributed by atoms with van der Waals surface area (Å²) >= 11 is 0. The third-order valence-electron chi connectivity index (χ3n) is 7.13. The molecule has 0 radical (unpaired) electrons. The van der Waals surface area contributed by atoms with E-state index in [1.54, 1.807) is 0 Å². The molecule has 4 aromatic carbocycles. The quantitative estimate of drug-likeness (QED) is 0.413. The van der Waals surface area contributed by atoms with Gasteiger partial charge in [0.05, 0.1) is 12.1 Å². The van der Waals surface area contributed by atoms with E-state index in [1.807, 2.05) is 0 Å². The second kappa shape index (κ2) is 8.38. The van der Waals surface area contributed by atoms with Gasteiger partial charge in [-0.3, -0.25) is 0 Å². The van der Waals surface area contributed by atoms with Crippen LogP contribution < -0.4 is 10.6 Å². The molecule has 2 aliphatic heterocycles. The fourth-order valence-electron chi connectivity index (χ4n) is 5.57. The minimum atomic E-state index is 0.206. The molecule has 0 fully saturated rings. The first-order valence-electron chi connectivity index (χ1n) is 11.6. The van der Waals surface area contributed by atoms with E-state index in [2.05, 4.69) is 120 Å². The third-order valence-corrected chi connectivity index (χ3v) is 7.13. The normalized spacial score (nSPS) is 24.4. The zero-order valence-corrected chi connectivity index (χ0v) is 18.1. The fourth-order valence-corrected chi connectivity index (χ4v) is 5.57. The summed E-state index contributed by atoms with van der Waals surface area (Å²) in [6.45, 7) is 0. The van der Waals surface area contributed by atoms with Gasteiger partial charge in [0.1, 0.15) is 0 Å². The monoisotopic (exact) mass is 416 g/mol. The van der Waals surface area contributed by atoms with Gasteiger partial charge in [-0.2, -0.15) is 0 Å². The van der Waals surface area contributed by atoms with Crippen LogP contribution in [0.3, 0.4) is 0 Å². The van der Waals surface area contributed by atoms with Crippen LogP contribution in [0.4, 0.5) is 0 Å². The Kier molecular flexibility index (Phi) is 5.10. The van der Waals surface area contributed by atoms with Crippen LogP contribution in [0.5, 0.6) is 0 Å². The van der Waals surface area contributed by atoms with Crippen molar-refractivity contribution >= 4 is 0 Å². The molecule has 6 rings (SSSR count). The molecule has 2 heterocycles. The number of nitrogens with one attached hydrogen (secondary N) is 2. The van der Waals surface area contributed by atoms with E-state index >= 15 is 0 Å². The van der Waals surface area contributed by atoms with Gasteiger partial charge in [0.15, 0.2) is 0 Å². The number of hydrogen-bond acceptors (Lipinski definition) is 2. The van der Waals surface area contributed by atoms with E-state index < -0.39 is 0 Å². The molecule has 0 amide bonds. The predicted octanol–water partition coefficient (Wildman–Crippen LogP) is 6.24. The highest BCUT2D eigenvalue weighted by atomic mass is 15.1. The van der Waals surface area contributed by atoms with Gasteiger partial charge in [0.25, 0.3) is 0 Å². The molecular formula is C30H28N2. The number of benzene rings is 4. The molecule has 0 spiro atoms. The molecular weight excluding hydrogens is 388 g/mol. The van der Waals surface area contributed by atoms with E-state index in [0.29, 0.717) is 12.1 Å². The highest BCUT2D eigenvalue weighted by Gasteiger charge is 2.37. The summed E-state index contributed by atoms with van der Waals surface area (Å²) in [6.07, 6.45) is 2.04. The lowest BCUT2D eigenvalue weighted by Gasteiger charge is -2.43. The Morgan fingerprint density at radius 3 is 1.25 bits per heavy atom. The average Bonchev–Trinajstić information content (AvgIpc) is 2.88. The first kappa shape index (κ1) is 19.5. The molecule has 0 unspecified atom stereocenters. The van der Waals surface area contributed by atoms with Gasteiger partial charge < -0.3 is 10.6 Å². The maximum Gasteiger partial charge on any atom is 0.0526 e. The number of fused-ring (bicyclic) bond motifs is 2. The average molecular weight is 417 g/mol. The molecule has 2 N–H and O–H groups in total. The van der Waals surface area contributed by atoms with Crippen molar-refractivity contribution in [3.63, 3.8) is 0 Å². The molecule has 0 aliphatic carbocycles. The molecule has 0 bridgehead atoms. The molecule has 0 saturated heterocycles. The zero-order valence-electron chi connectivity index (χ0n) is 18.1. The van der Waals surface area contributed by atoms with E-state index in [9.17, 15) is 0 Å². The standard InChI is InChI=1S/C30H28N2/c1-3-11-21(12-4-1)27-19-23-15-7-9-17-25(23)29(31-27)30-26-18-10-8-16-24(26)20-28(32-30)22-13-5-2-6-14-22/h1-18,27-32H,19-20H2/t27-,28-,29-,30-/m1/s1. The van der Waals surface area contributed by atoms with Crippen LogP contribution in [-0.4, -0.2) is 0 Å². The van der Waals surface area contributed by atoms with Crippen LogP contribution in [0.2, 0.25) is 0 Å². The van der Waals surface area contributed by atoms with Crippen molar-refractivity contribution in [1.82, 2.24) is 10.6 Å². The third kappa shape index (κ3) is 3.56. The summed E-state index contributed by atoms with van der Waals surface area (Å²) < 4.78 is 0. The molecule has 0 saturated carbocycles. The maximum absolute atomic E-state index is 4.05. The first-order valence-corrected chi connectivity index (χ1v) is 11.6. The summed E-state index contributed by atoms with van der Waals surface area (Å²) in [5, 5.41) is 8.09. The Morgan fingerprint density at radius 2 is 0.812 bits per heavy atom. The molecule has 4 atom stereocenters. The smallest absolute Gasteiger partial charge is 0.0526 e. The fraction of sp³-hybridized carbons (Fsp3) is 0.200. The highest BCUT2D eigenvalue weighted by Crippen LogP contribution is 2.43. The van der Waals surface area contributed by atoms with Crippen molar-refractivity contribution < 1.29 is 0 Å². The van der Waals surface area contributed by atoms with Gasteiger partial charge in [0.2, 0.25) is 0 Å².